The predicted octanol–water partition coefficient (Wildman–Crippen LogP) is 1.57. The van der Waals surface area contributed by atoms with Gasteiger partial charge in [-0.1, -0.05) is 37.3 Å². The molecule has 0 bridgehead atoms. The van der Waals surface area contributed by atoms with E-state index in [1.165, 1.54) is 0 Å². The first kappa shape index (κ1) is 19.5. The fourth-order valence-corrected chi connectivity index (χ4v) is 2.62. The molecule has 1 aromatic rings. The van der Waals surface area contributed by atoms with Crippen LogP contribution in [-0.2, 0) is 16.1 Å². The normalized spacial score (nSPS) is 17.0. The minimum Gasteiger partial charge on any atom is -0.355 e. The van der Waals surface area contributed by atoms with Crippen molar-refractivity contribution in [2.24, 2.45) is 5.92 Å². The van der Waals surface area contributed by atoms with Gasteiger partial charge in [0.25, 0.3) is 0 Å². The number of likely N-dealkylation sites (tertiary alicyclic amines) is 1. The topological polar surface area (TPSA) is 61.4 Å². The third-order valence-electron chi connectivity index (χ3n) is 3.83. The summed E-state index contributed by atoms with van der Waals surface area (Å²) in [7, 11) is 0. The predicted molar refractivity (Wildman–Crippen MR) is 93.4 cm³/mol. The van der Waals surface area contributed by atoms with Crippen molar-refractivity contribution in [3.63, 3.8) is 0 Å². The second-order valence-electron chi connectivity index (χ2n) is 5.70. The molecule has 0 spiro atoms. The highest BCUT2D eigenvalue weighted by molar-refractivity contribution is 5.89. The second-order valence-corrected chi connectivity index (χ2v) is 5.70. The Morgan fingerprint density at radius 1 is 1.22 bits per heavy atom. The molecule has 1 aromatic carbocycles. The van der Waals surface area contributed by atoms with Gasteiger partial charge < -0.3 is 15.5 Å². The summed E-state index contributed by atoms with van der Waals surface area (Å²) in [6, 6.07) is 9.88. The number of hydrogen-bond donors (Lipinski definition) is 2. The van der Waals surface area contributed by atoms with Crippen LogP contribution >= 0.6 is 12.4 Å². The van der Waals surface area contributed by atoms with E-state index in [1.807, 2.05) is 30.3 Å². The highest BCUT2D eigenvalue weighted by Gasteiger charge is 2.33. The van der Waals surface area contributed by atoms with E-state index < -0.39 is 0 Å². The van der Waals surface area contributed by atoms with Crippen LogP contribution in [-0.4, -0.2) is 42.9 Å². The molecule has 0 aromatic heterocycles. The highest BCUT2D eigenvalue weighted by Crippen LogP contribution is 2.20. The standard InChI is InChI=1S/C17H25N3O2.ClH/c1-2-8-18-9-10-19-17(22)15-11-16(21)20(13-15)12-14-6-4-3-5-7-14;/h3-7,15,18H,2,8-13H2,1H3,(H,19,22);1H. The van der Waals surface area contributed by atoms with Crippen molar-refractivity contribution in [2.75, 3.05) is 26.2 Å². The molecule has 2 rings (SSSR count). The zero-order chi connectivity index (χ0) is 15.8. The summed E-state index contributed by atoms with van der Waals surface area (Å²) in [5.41, 5.74) is 1.10. The minimum absolute atomic E-state index is 0. The average Bonchev–Trinajstić information content (AvgIpc) is 2.89. The molecule has 1 heterocycles. The molecule has 6 heteroatoms. The first-order chi connectivity index (χ1) is 10.7. The van der Waals surface area contributed by atoms with Gasteiger partial charge in [0.15, 0.2) is 0 Å². The maximum Gasteiger partial charge on any atom is 0.225 e. The fraction of sp³-hybridized carbons (Fsp3) is 0.529. The molecule has 1 fully saturated rings. The molecule has 1 saturated heterocycles. The minimum atomic E-state index is -0.220. The number of nitrogens with zero attached hydrogens (tertiary/aromatic N) is 1. The number of carbonyl (C=O) groups excluding carboxylic acids is 2. The summed E-state index contributed by atoms with van der Waals surface area (Å²) in [5, 5.41) is 6.15. The first-order valence-corrected chi connectivity index (χ1v) is 8.01. The van der Waals surface area contributed by atoms with Crippen molar-refractivity contribution in [3.05, 3.63) is 35.9 Å². The Bertz CT molecular complexity index is 496. The van der Waals surface area contributed by atoms with E-state index in [2.05, 4.69) is 17.6 Å². The van der Waals surface area contributed by atoms with Crippen LogP contribution in [0.25, 0.3) is 0 Å². The molecular formula is C17H26ClN3O2. The Hall–Kier alpha value is -1.59. The lowest BCUT2D eigenvalue weighted by Crippen LogP contribution is -2.37. The molecule has 0 saturated carbocycles. The van der Waals surface area contributed by atoms with Crippen molar-refractivity contribution in [1.29, 1.82) is 0 Å². The third kappa shape index (κ3) is 6.20. The van der Waals surface area contributed by atoms with Gasteiger partial charge in [0, 0.05) is 32.6 Å². The summed E-state index contributed by atoms with van der Waals surface area (Å²) < 4.78 is 0. The lowest BCUT2D eigenvalue weighted by atomic mass is 10.1. The monoisotopic (exact) mass is 339 g/mol. The van der Waals surface area contributed by atoms with E-state index in [4.69, 9.17) is 0 Å². The lowest BCUT2D eigenvalue weighted by Gasteiger charge is -2.16. The van der Waals surface area contributed by atoms with Gasteiger partial charge in [-0.3, -0.25) is 9.59 Å². The molecule has 0 radical (unpaired) electrons. The van der Waals surface area contributed by atoms with Crippen molar-refractivity contribution in [2.45, 2.75) is 26.3 Å². The lowest BCUT2D eigenvalue weighted by molar-refractivity contribution is -0.129. The Balaban J connectivity index is 0.00000264. The summed E-state index contributed by atoms with van der Waals surface area (Å²) >= 11 is 0. The van der Waals surface area contributed by atoms with Crippen LogP contribution in [0.4, 0.5) is 0 Å². The summed E-state index contributed by atoms with van der Waals surface area (Å²) in [5.74, 6) is -0.169. The summed E-state index contributed by atoms with van der Waals surface area (Å²) in [6.45, 7) is 5.55. The van der Waals surface area contributed by atoms with Gasteiger partial charge in [-0.05, 0) is 18.5 Å². The zero-order valence-corrected chi connectivity index (χ0v) is 14.4. The quantitative estimate of drug-likeness (QED) is 0.707. The van der Waals surface area contributed by atoms with Gasteiger partial charge in [-0.15, -0.1) is 12.4 Å². The van der Waals surface area contributed by atoms with Crippen LogP contribution in [0.5, 0.6) is 0 Å². The largest absolute Gasteiger partial charge is 0.355 e. The maximum atomic E-state index is 12.1. The van der Waals surface area contributed by atoms with E-state index in [1.54, 1.807) is 4.90 Å². The Morgan fingerprint density at radius 3 is 2.65 bits per heavy atom. The van der Waals surface area contributed by atoms with Crippen LogP contribution in [0, 0.1) is 5.92 Å². The smallest absolute Gasteiger partial charge is 0.225 e. The Kier molecular flexibility index (Phi) is 8.66. The van der Waals surface area contributed by atoms with E-state index in [0.29, 0.717) is 26.1 Å². The number of benzene rings is 1. The van der Waals surface area contributed by atoms with Gasteiger partial charge in [0.1, 0.15) is 0 Å². The van der Waals surface area contributed by atoms with Crippen molar-refractivity contribution >= 4 is 24.2 Å². The average molecular weight is 340 g/mol. The van der Waals surface area contributed by atoms with Crippen LogP contribution in [0.2, 0.25) is 0 Å². The van der Waals surface area contributed by atoms with Crippen LogP contribution in [0.3, 0.4) is 0 Å². The van der Waals surface area contributed by atoms with Gasteiger partial charge in [-0.2, -0.15) is 0 Å². The van der Waals surface area contributed by atoms with Gasteiger partial charge >= 0.3 is 0 Å². The van der Waals surface area contributed by atoms with Crippen molar-refractivity contribution in [3.8, 4) is 0 Å². The van der Waals surface area contributed by atoms with E-state index >= 15 is 0 Å². The third-order valence-corrected chi connectivity index (χ3v) is 3.83. The molecule has 1 aliphatic rings. The molecule has 2 amide bonds. The molecule has 1 unspecified atom stereocenters. The van der Waals surface area contributed by atoms with Gasteiger partial charge in [-0.25, -0.2) is 0 Å². The van der Waals surface area contributed by atoms with Crippen LogP contribution in [0.15, 0.2) is 30.3 Å². The maximum absolute atomic E-state index is 12.1. The fourth-order valence-electron chi connectivity index (χ4n) is 2.62. The van der Waals surface area contributed by atoms with E-state index in [0.717, 1.165) is 25.1 Å². The summed E-state index contributed by atoms with van der Waals surface area (Å²) in [6.07, 6.45) is 1.40. The number of halogens is 1. The molecule has 1 atom stereocenters. The SMILES string of the molecule is CCCNCCNC(=O)C1CC(=O)N(Cc2ccccc2)C1.Cl. The van der Waals surface area contributed by atoms with Crippen LogP contribution in [0.1, 0.15) is 25.3 Å². The van der Waals surface area contributed by atoms with Gasteiger partial charge in [0.05, 0.1) is 5.92 Å². The number of hydrogen-bond acceptors (Lipinski definition) is 3. The molecule has 2 N–H and O–H groups in total. The molecule has 1 aliphatic heterocycles. The Morgan fingerprint density at radius 2 is 1.96 bits per heavy atom. The first-order valence-electron chi connectivity index (χ1n) is 8.01. The summed E-state index contributed by atoms with van der Waals surface area (Å²) in [4.78, 5) is 25.9. The van der Waals surface area contributed by atoms with Crippen molar-refractivity contribution in [1.82, 2.24) is 15.5 Å². The Labute approximate surface area is 144 Å². The number of nitrogens with one attached hydrogen (secondary N) is 2. The van der Waals surface area contributed by atoms with Crippen LogP contribution < -0.4 is 10.6 Å². The molecule has 23 heavy (non-hydrogen) atoms. The number of rotatable bonds is 8. The second kappa shape index (κ2) is 10.2. The molecule has 128 valence electrons. The van der Waals surface area contributed by atoms with Crippen molar-refractivity contribution < 1.29 is 9.59 Å². The molecule has 5 nitrogen and oxygen atoms in total. The van der Waals surface area contributed by atoms with Gasteiger partial charge in [0.2, 0.25) is 11.8 Å². The highest BCUT2D eigenvalue weighted by atomic mass is 35.5. The van der Waals surface area contributed by atoms with E-state index in [9.17, 15) is 9.59 Å². The number of carbonyl (C=O) groups is 2. The zero-order valence-electron chi connectivity index (χ0n) is 13.6. The molecular weight excluding hydrogens is 314 g/mol. The molecule has 0 aliphatic carbocycles. The van der Waals surface area contributed by atoms with E-state index in [-0.39, 0.29) is 30.1 Å². The number of amides is 2.